The Morgan fingerprint density at radius 3 is 2.86 bits per heavy atom. The van der Waals surface area contributed by atoms with Gasteiger partial charge in [0, 0.05) is 5.54 Å². The fourth-order valence-corrected chi connectivity index (χ4v) is 3.61. The van der Waals surface area contributed by atoms with Crippen molar-refractivity contribution in [1.29, 1.82) is 0 Å². The summed E-state index contributed by atoms with van der Waals surface area (Å²) >= 11 is 0. The molecule has 0 radical (unpaired) electrons. The van der Waals surface area contributed by atoms with Crippen LogP contribution in [-0.2, 0) is 6.42 Å². The van der Waals surface area contributed by atoms with Gasteiger partial charge in [0.1, 0.15) is 0 Å². The van der Waals surface area contributed by atoms with Gasteiger partial charge in [-0.2, -0.15) is 0 Å². The van der Waals surface area contributed by atoms with Gasteiger partial charge in [-0.1, -0.05) is 44.7 Å². The summed E-state index contributed by atoms with van der Waals surface area (Å²) in [5.41, 5.74) is 7.02. The lowest BCUT2D eigenvalue weighted by molar-refractivity contribution is 0.344. The fraction of sp³-hybridized carbons (Fsp3) is 0.667. The van der Waals surface area contributed by atoms with Gasteiger partial charge in [-0.15, -0.1) is 0 Å². The Labute approximate surface area is 127 Å². The normalized spacial score (nSPS) is 26.4. The fourth-order valence-electron chi connectivity index (χ4n) is 3.61. The van der Waals surface area contributed by atoms with Gasteiger partial charge in [0.05, 0.1) is 7.11 Å². The van der Waals surface area contributed by atoms with Crippen LogP contribution in [0.1, 0.15) is 57.4 Å². The van der Waals surface area contributed by atoms with Crippen LogP contribution in [0.25, 0.3) is 0 Å². The molecule has 1 aliphatic rings. The molecule has 0 spiro atoms. The molecule has 2 N–H and O–H groups in total. The van der Waals surface area contributed by atoms with E-state index in [2.05, 4.69) is 6.92 Å². The van der Waals surface area contributed by atoms with E-state index in [0.29, 0.717) is 17.7 Å². The molecule has 2 rings (SSSR count). The first-order chi connectivity index (χ1) is 10.1. The first kappa shape index (κ1) is 16.3. The highest BCUT2D eigenvalue weighted by molar-refractivity contribution is 5.32. The van der Waals surface area contributed by atoms with Crippen LogP contribution in [-0.4, -0.2) is 12.6 Å². The number of methoxy groups -OCH3 is 1. The van der Waals surface area contributed by atoms with Crippen LogP contribution in [0.15, 0.2) is 18.2 Å². The number of ether oxygens (including phenoxy) is 1. The van der Waals surface area contributed by atoms with E-state index in [1.165, 1.54) is 32.8 Å². The molecule has 3 heteroatoms. The summed E-state index contributed by atoms with van der Waals surface area (Å²) < 4.78 is 19.4. The highest BCUT2D eigenvalue weighted by Gasteiger charge is 2.30. The molecule has 2 atom stereocenters. The topological polar surface area (TPSA) is 35.2 Å². The molecule has 0 aliphatic heterocycles. The molecule has 2 nitrogen and oxygen atoms in total. The third-order valence-electron chi connectivity index (χ3n) is 4.84. The molecular formula is C18H28FNO. The number of hydrogen-bond acceptors (Lipinski definition) is 2. The van der Waals surface area contributed by atoms with Crippen molar-refractivity contribution < 1.29 is 9.13 Å². The minimum absolute atomic E-state index is 0.251. The van der Waals surface area contributed by atoms with Crippen molar-refractivity contribution >= 4 is 0 Å². The Kier molecular flexibility index (Phi) is 5.63. The van der Waals surface area contributed by atoms with Crippen molar-refractivity contribution in [3.8, 4) is 5.75 Å². The van der Waals surface area contributed by atoms with Gasteiger partial charge in [-0.05, 0) is 43.2 Å². The molecule has 21 heavy (non-hydrogen) atoms. The zero-order valence-electron chi connectivity index (χ0n) is 13.3. The molecule has 1 aromatic rings. The molecular weight excluding hydrogens is 265 g/mol. The van der Waals surface area contributed by atoms with Gasteiger partial charge < -0.3 is 10.5 Å². The number of nitrogens with two attached hydrogens (primary N) is 1. The Bertz CT molecular complexity index is 463. The zero-order chi connectivity index (χ0) is 15.3. The van der Waals surface area contributed by atoms with Crippen molar-refractivity contribution in [2.45, 2.75) is 63.8 Å². The molecule has 0 amide bonds. The molecule has 1 saturated carbocycles. The van der Waals surface area contributed by atoms with Gasteiger partial charge >= 0.3 is 0 Å². The molecule has 0 heterocycles. The van der Waals surface area contributed by atoms with E-state index < -0.39 is 0 Å². The maximum atomic E-state index is 14.3. The number of halogens is 1. The Hall–Kier alpha value is -1.09. The molecule has 0 saturated heterocycles. The highest BCUT2D eigenvalue weighted by atomic mass is 19.1. The van der Waals surface area contributed by atoms with Crippen molar-refractivity contribution in [3.63, 3.8) is 0 Å². The quantitative estimate of drug-likeness (QED) is 0.814. The second-order valence-electron chi connectivity index (χ2n) is 6.56. The summed E-state index contributed by atoms with van der Waals surface area (Å²) in [7, 11) is 1.50. The van der Waals surface area contributed by atoms with Crippen molar-refractivity contribution in [1.82, 2.24) is 0 Å². The Balaban J connectivity index is 2.07. The smallest absolute Gasteiger partial charge is 0.168 e. The summed E-state index contributed by atoms with van der Waals surface area (Å²) in [6.45, 7) is 2.24. The molecule has 1 aromatic carbocycles. The van der Waals surface area contributed by atoms with E-state index in [4.69, 9.17) is 10.5 Å². The summed E-state index contributed by atoms with van der Waals surface area (Å²) in [4.78, 5) is 0. The summed E-state index contributed by atoms with van der Waals surface area (Å²) in [5.74, 6) is 0.864. The Morgan fingerprint density at radius 1 is 1.33 bits per heavy atom. The van der Waals surface area contributed by atoms with Crippen molar-refractivity contribution in [2.75, 3.05) is 7.11 Å². The molecule has 0 bridgehead atoms. The van der Waals surface area contributed by atoms with E-state index in [0.717, 1.165) is 25.2 Å². The maximum Gasteiger partial charge on any atom is 0.168 e. The van der Waals surface area contributed by atoms with Crippen molar-refractivity contribution in [2.24, 2.45) is 11.7 Å². The summed E-state index contributed by atoms with van der Waals surface area (Å²) in [5, 5.41) is 0. The van der Waals surface area contributed by atoms with Crippen LogP contribution in [0.5, 0.6) is 5.75 Å². The SMILES string of the molecule is CCCC1CCCC(N)(Cc2cccc(OC)c2F)CC1. The van der Waals surface area contributed by atoms with Crippen LogP contribution in [0.2, 0.25) is 0 Å². The molecule has 118 valence electrons. The minimum Gasteiger partial charge on any atom is -0.494 e. The van der Waals surface area contributed by atoms with Gasteiger partial charge in [-0.3, -0.25) is 0 Å². The van der Waals surface area contributed by atoms with Gasteiger partial charge in [0.2, 0.25) is 0 Å². The van der Waals surface area contributed by atoms with Crippen molar-refractivity contribution in [3.05, 3.63) is 29.6 Å². The third kappa shape index (κ3) is 4.19. The minimum atomic E-state index is -0.268. The maximum absolute atomic E-state index is 14.3. The van der Waals surface area contributed by atoms with Crippen LogP contribution in [0.3, 0.4) is 0 Å². The zero-order valence-corrected chi connectivity index (χ0v) is 13.3. The van der Waals surface area contributed by atoms with E-state index >= 15 is 0 Å². The molecule has 2 unspecified atom stereocenters. The first-order valence-electron chi connectivity index (χ1n) is 8.18. The van der Waals surface area contributed by atoms with Gasteiger partial charge in [0.25, 0.3) is 0 Å². The summed E-state index contributed by atoms with van der Waals surface area (Å²) in [6, 6.07) is 5.34. The second-order valence-corrected chi connectivity index (χ2v) is 6.56. The van der Waals surface area contributed by atoms with Gasteiger partial charge in [0.15, 0.2) is 11.6 Å². The van der Waals surface area contributed by atoms with Crippen LogP contribution in [0, 0.1) is 11.7 Å². The number of benzene rings is 1. The van der Waals surface area contributed by atoms with E-state index in [1.807, 2.05) is 12.1 Å². The largest absolute Gasteiger partial charge is 0.494 e. The van der Waals surface area contributed by atoms with Crippen LogP contribution >= 0.6 is 0 Å². The van der Waals surface area contributed by atoms with E-state index in [-0.39, 0.29) is 11.4 Å². The second kappa shape index (κ2) is 7.26. The van der Waals surface area contributed by atoms with E-state index in [9.17, 15) is 4.39 Å². The number of rotatable bonds is 5. The third-order valence-corrected chi connectivity index (χ3v) is 4.84. The predicted molar refractivity (Wildman–Crippen MR) is 85.1 cm³/mol. The molecule has 1 aliphatic carbocycles. The predicted octanol–water partition coefficient (Wildman–Crippen LogP) is 4.45. The monoisotopic (exact) mass is 293 g/mol. The van der Waals surface area contributed by atoms with Crippen LogP contribution < -0.4 is 10.5 Å². The standard InChI is InChI=1S/C18H28FNO/c1-3-6-14-7-5-11-18(20,12-10-14)13-15-8-4-9-16(21-2)17(15)19/h4,8-9,14H,3,5-7,10-13,20H2,1-2H3. The lowest BCUT2D eigenvalue weighted by atomic mass is 9.84. The lowest BCUT2D eigenvalue weighted by Gasteiger charge is -2.28. The lowest BCUT2D eigenvalue weighted by Crippen LogP contribution is -2.41. The highest BCUT2D eigenvalue weighted by Crippen LogP contribution is 2.34. The summed E-state index contributed by atoms with van der Waals surface area (Å²) in [6.07, 6.45) is 8.74. The molecule has 0 aromatic heterocycles. The first-order valence-corrected chi connectivity index (χ1v) is 8.18. The number of hydrogen-bond donors (Lipinski definition) is 1. The average molecular weight is 293 g/mol. The average Bonchev–Trinajstić information content (AvgIpc) is 2.64. The Morgan fingerprint density at radius 2 is 2.14 bits per heavy atom. The van der Waals surface area contributed by atoms with E-state index in [1.54, 1.807) is 6.07 Å². The molecule has 1 fully saturated rings. The van der Waals surface area contributed by atoms with Crippen LogP contribution in [0.4, 0.5) is 4.39 Å². The van der Waals surface area contributed by atoms with Gasteiger partial charge in [-0.25, -0.2) is 4.39 Å².